The third kappa shape index (κ3) is 3.58. The first-order valence-corrected chi connectivity index (χ1v) is 14.0. The molecule has 0 amide bonds. The van der Waals surface area contributed by atoms with E-state index in [1.54, 1.807) is 54.6 Å². The minimum Gasteiger partial charge on any atom is -0.317 e. The van der Waals surface area contributed by atoms with Crippen LogP contribution in [0.5, 0.6) is 0 Å². The van der Waals surface area contributed by atoms with E-state index >= 15 is 0 Å². The van der Waals surface area contributed by atoms with E-state index < -0.39 is 90.6 Å². The van der Waals surface area contributed by atoms with Crippen LogP contribution in [0, 0.1) is 0 Å². The Labute approximate surface area is 284 Å². The molecule has 3 heteroatoms. The predicted molar refractivity (Wildman–Crippen MR) is 189 cm³/mol. The summed E-state index contributed by atoms with van der Waals surface area (Å²) in [6.45, 7) is 0. The van der Waals surface area contributed by atoms with Crippen LogP contribution < -0.4 is 0 Å². The fourth-order valence-electron chi connectivity index (χ4n) is 6.16. The van der Waals surface area contributed by atoms with Crippen LogP contribution in [0.1, 0.15) is 24.7 Å². The van der Waals surface area contributed by atoms with Gasteiger partial charge in [0.1, 0.15) is 0 Å². The number of hydrogen-bond acceptors (Lipinski definition) is 0. The third-order valence-electron chi connectivity index (χ3n) is 8.21. The van der Waals surface area contributed by atoms with Gasteiger partial charge in [-0.3, -0.25) is 0 Å². The zero-order valence-corrected chi connectivity index (χ0v) is 23.0. The summed E-state index contributed by atoms with van der Waals surface area (Å²) in [4.78, 5) is 0. The normalized spacial score (nSPS) is 17.6. The molecule has 0 aliphatic carbocycles. The van der Waals surface area contributed by atoms with Crippen molar-refractivity contribution in [3.05, 3.63) is 164 Å². The maximum Gasteiger partial charge on any atom is 0.0822 e. The van der Waals surface area contributed by atoms with Gasteiger partial charge in [0.05, 0.1) is 41.2 Å². The van der Waals surface area contributed by atoms with Crippen molar-refractivity contribution in [1.29, 1.82) is 0 Å². The maximum atomic E-state index is 8.95. The van der Waals surface area contributed by atoms with E-state index in [2.05, 4.69) is 0 Å². The minimum absolute atomic E-state index is 0.0681. The Morgan fingerprint density at radius 2 is 0.644 bits per heavy atom. The maximum absolute atomic E-state index is 8.95. The molecule has 3 nitrogen and oxygen atoms in total. The zero-order chi connectivity index (χ0) is 45.1. The lowest BCUT2D eigenvalue weighted by molar-refractivity contribution is 1.13. The second-order valence-electron chi connectivity index (χ2n) is 10.6. The third-order valence-corrected chi connectivity index (χ3v) is 8.21. The first kappa shape index (κ1) is 12.9. The van der Waals surface area contributed by atoms with Crippen molar-refractivity contribution in [2.24, 2.45) is 0 Å². The van der Waals surface area contributed by atoms with Gasteiger partial charge >= 0.3 is 0 Å². The molecule has 7 aromatic carbocycles. The van der Waals surface area contributed by atoms with Crippen molar-refractivity contribution in [3.63, 3.8) is 0 Å². The van der Waals surface area contributed by atoms with Crippen LogP contribution in [0.2, 0.25) is 0 Å². The first-order chi connectivity index (χ1) is 29.8. The van der Waals surface area contributed by atoms with Gasteiger partial charge in [0.2, 0.25) is 0 Å². The fraction of sp³-hybridized carbons (Fsp3) is 0. The van der Waals surface area contributed by atoms with Crippen LogP contribution in [0.4, 0.5) is 0 Å². The number of fused-ring (bicyclic) bond motifs is 9. The molecule has 10 aromatic rings. The second kappa shape index (κ2) is 9.22. The lowest BCUT2D eigenvalue weighted by atomic mass is 9.93. The molecule has 0 bridgehead atoms. The molecule has 0 atom stereocenters. The van der Waals surface area contributed by atoms with Crippen LogP contribution in [0.15, 0.2) is 164 Å². The predicted octanol–water partition coefficient (Wildman–Crippen LogP) is 11.0. The Hall–Kier alpha value is -6.06. The number of nitrogens with zero attached hydrogens (tertiary/aromatic N) is 3. The van der Waals surface area contributed by atoms with Gasteiger partial charge in [0.15, 0.2) is 0 Å². The molecule has 0 fully saturated rings. The topological polar surface area (TPSA) is 14.8 Å². The van der Waals surface area contributed by atoms with E-state index in [4.69, 9.17) is 24.7 Å². The van der Waals surface area contributed by atoms with Crippen molar-refractivity contribution < 1.29 is 24.7 Å². The van der Waals surface area contributed by atoms with Crippen LogP contribution in [0.3, 0.4) is 0 Å². The minimum atomic E-state index is -0.542. The molecule has 0 spiro atoms. The summed E-state index contributed by atoms with van der Waals surface area (Å²) < 4.78 is 158. The van der Waals surface area contributed by atoms with E-state index in [0.29, 0.717) is 32.3 Å². The Morgan fingerprint density at radius 1 is 0.333 bits per heavy atom. The van der Waals surface area contributed by atoms with Gasteiger partial charge in [-0.1, -0.05) is 72.6 Å². The molecule has 210 valence electrons. The molecule has 0 N–H and O–H groups in total. The van der Waals surface area contributed by atoms with Crippen LogP contribution in [-0.2, 0) is 0 Å². The van der Waals surface area contributed by atoms with E-state index in [1.165, 1.54) is 13.7 Å². The molecule has 0 saturated carbocycles. The van der Waals surface area contributed by atoms with Crippen molar-refractivity contribution in [1.82, 2.24) is 13.7 Å². The monoisotopic (exact) mass is 591 g/mol. The molecule has 10 rings (SSSR count). The fourth-order valence-corrected chi connectivity index (χ4v) is 6.16. The number of hydrogen-bond donors (Lipinski definition) is 0. The highest BCUT2D eigenvalue weighted by atomic mass is 15.0. The van der Waals surface area contributed by atoms with Gasteiger partial charge in [0.25, 0.3) is 0 Å². The lowest BCUT2D eigenvalue weighted by Crippen LogP contribution is -1.96. The molecule has 0 radical (unpaired) electrons. The summed E-state index contributed by atoms with van der Waals surface area (Å²) in [7, 11) is 0. The molecule has 0 saturated heterocycles. The van der Waals surface area contributed by atoms with E-state index in [1.807, 2.05) is 0 Å². The average molecular weight is 592 g/mol. The zero-order valence-electron chi connectivity index (χ0n) is 41.0. The molecule has 45 heavy (non-hydrogen) atoms. The van der Waals surface area contributed by atoms with Crippen LogP contribution in [-0.4, -0.2) is 13.7 Å². The highest BCUT2D eigenvalue weighted by molar-refractivity contribution is 6.26. The van der Waals surface area contributed by atoms with Crippen molar-refractivity contribution >= 4 is 65.0 Å². The number of rotatable bonds is 3. The smallest absolute Gasteiger partial charge is 0.0822 e. The largest absolute Gasteiger partial charge is 0.317 e. The lowest BCUT2D eigenvalue weighted by Gasteiger charge is -2.16. The molecule has 3 aromatic heterocycles. The van der Waals surface area contributed by atoms with E-state index in [0.717, 1.165) is 0 Å². The van der Waals surface area contributed by atoms with E-state index in [-0.39, 0.29) is 68.3 Å². The molecule has 0 unspecified atom stereocenters. The average Bonchev–Trinajstić information content (AvgIpc) is 3.82. The number of para-hydroxylation sites is 3. The SMILES string of the molecule is [2H]c1c([2H])c([2H])c2c(c1[2H])c([2H])c([2H])n2-c1ccc2c(c1)c1ccc(-n3c([2H])c([2H])c4c([2H])c([2H])c([2H])c([2H])c43)cc1c1ccc(-n3c([2H])c([2H])c4c([2H])c([2H])c([2H])c([2H])c43)cc21. The van der Waals surface area contributed by atoms with Crippen LogP contribution in [0.25, 0.3) is 82.1 Å². The Balaban J connectivity index is 1.34. The summed E-state index contributed by atoms with van der Waals surface area (Å²) in [6.07, 6.45) is -1.16. The van der Waals surface area contributed by atoms with Gasteiger partial charge < -0.3 is 13.7 Å². The second-order valence-corrected chi connectivity index (χ2v) is 10.6. The molecule has 0 aliphatic rings. The molecular formula is C42H27N3. The summed E-state index contributed by atoms with van der Waals surface area (Å²) in [5.41, 5.74) is 0.633. The van der Waals surface area contributed by atoms with Gasteiger partial charge in [-0.05, 0) is 121 Å². The Morgan fingerprint density at radius 3 is 0.978 bits per heavy atom. The van der Waals surface area contributed by atoms with Gasteiger partial charge in [0, 0.05) is 35.6 Å². The number of aromatic nitrogens is 3. The molecule has 3 heterocycles. The van der Waals surface area contributed by atoms with Crippen LogP contribution >= 0.6 is 0 Å². The Kier molecular flexibility index (Phi) is 2.64. The summed E-state index contributed by atoms with van der Waals surface area (Å²) in [5.74, 6) is 0. The standard InChI is InChI=1S/C42H27N3/c1-4-10-40-28(7-1)19-22-43(40)31-13-16-34-37(25-31)35-17-14-32(44-23-20-29-8-2-5-11-41(29)44)27-39(35)36-18-15-33(26-38(34)36)45-24-21-30-9-3-6-12-42(30)45/h1-27H/i1D,2D,3D,4D,5D,6D,7D,8D,9D,10D,11D,12D,19D,20D,21D,22D,23D,24D. The summed E-state index contributed by atoms with van der Waals surface area (Å²) in [6, 6.07) is 8.03. The summed E-state index contributed by atoms with van der Waals surface area (Å²) in [5, 5.41) is 3.00. The first-order valence-electron chi connectivity index (χ1n) is 23.0. The van der Waals surface area contributed by atoms with Gasteiger partial charge in [-0.2, -0.15) is 0 Å². The van der Waals surface area contributed by atoms with Crippen molar-refractivity contribution in [2.75, 3.05) is 0 Å². The van der Waals surface area contributed by atoms with Gasteiger partial charge in [-0.25, -0.2) is 0 Å². The van der Waals surface area contributed by atoms with E-state index in [9.17, 15) is 0 Å². The number of benzene rings is 7. The Bertz CT molecular complexity index is 3370. The molecule has 0 aliphatic heterocycles. The highest BCUT2D eigenvalue weighted by Crippen LogP contribution is 2.39. The van der Waals surface area contributed by atoms with Gasteiger partial charge in [-0.15, -0.1) is 0 Å². The van der Waals surface area contributed by atoms with Crippen molar-refractivity contribution in [2.45, 2.75) is 0 Å². The molecular weight excluding hydrogens is 546 g/mol. The highest BCUT2D eigenvalue weighted by Gasteiger charge is 2.14. The summed E-state index contributed by atoms with van der Waals surface area (Å²) >= 11 is 0. The quantitative estimate of drug-likeness (QED) is 0.182. The van der Waals surface area contributed by atoms with Crippen molar-refractivity contribution in [3.8, 4) is 17.1 Å².